The van der Waals surface area contributed by atoms with Gasteiger partial charge in [0.05, 0.1) is 5.69 Å². The van der Waals surface area contributed by atoms with Crippen LogP contribution in [0.4, 0.5) is 5.69 Å². The Hall–Kier alpha value is -0.960. The third-order valence-corrected chi connectivity index (χ3v) is 1.92. The minimum atomic E-state index is 0.244. The molecule has 0 radical (unpaired) electrons. The maximum atomic E-state index is 10.0. The molecule has 2 nitrogen and oxygen atoms in total. The Kier molecular flexibility index (Phi) is 2.54. The molecule has 0 amide bonds. The first-order valence-corrected chi connectivity index (χ1v) is 4.01. The van der Waals surface area contributed by atoms with Crippen molar-refractivity contribution in [2.45, 2.75) is 13.8 Å². The molecule has 1 aromatic rings. The van der Waals surface area contributed by atoms with Gasteiger partial charge in [0.15, 0.2) is 0 Å². The Balaban J connectivity index is 3.14. The highest BCUT2D eigenvalue weighted by molar-refractivity contribution is 7.54. The Morgan fingerprint density at radius 1 is 1.27 bits per heavy atom. The second kappa shape index (κ2) is 3.44. The molecule has 0 aromatic heterocycles. The molecule has 0 aliphatic rings. The molecule has 0 saturated carbocycles. The van der Waals surface area contributed by atoms with Crippen molar-refractivity contribution < 1.29 is 4.21 Å². The number of hydrogen-bond acceptors (Lipinski definition) is 2. The second-order valence-electron chi connectivity index (χ2n) is 2.43. The van der Waals surface area contributed by atoms with Crippen LogP contribution in [-0.2, 0) is 11.5 Å². The molecule has 0 aliphatic carbocycles. The van der Waals surface area contributed by atoms with Gasteiger partial charge in [0.25, 0.3) is 0 Å². The van der Waals surface area contributed by atoms with Gasteiger partial charge in [0.1, 0.15) is 0 Å². The van der Waals surface area contributed by atoms with Gasteiger partial charge in [-0.3, -0.25) is 0 Å². The highest BCUT2D eigenvalue weighted by atomic mass is 32.1. The third-order valence-electron chi connectivity index (χ3n) is 1.63. The highest BCUT2D eigenvalue weighted by Crippen LogP contribution is 2.16. The Morgan fingerprint density at radius 2 is 2.00 bits per heavy atom. The quantitative estimate of drug-likeness (QED) is 0.631. The SMILES string of the molecule is Cc1ccc(N=S=O)cc1C. The molecule has 1 aromatic carbocycles. The average Bonchev–Trinajstić information content (AvgIpc) is 1.98. The van der Waals surface area contributed by atoms with Gasteiger partial charge in [-0.15, -0.1) is 0 Å². The molecule has 0 heterocycles. The van der Waals surface area contributed by atoms with Crippen LogP contribution < -0.4 is 0 Å². The van der Waals surface area contributed by atoms with E-state index in [1.165, 1.54) is 11.1 Å². The van der Waals surface area contributed by atoms with E-state index in [1.54, 1.807) is 0 Å². The molecule has 0 spiro atoms. The van der Waals surface area contributed by atoms with Crippen molar-refractivity contribution in [2.75, 3.05) is 0 Å². The summed E-state index contributed by atoms with van der Waals surface area (Å²) >= 11 is 0.244. The zero-order valence-corrected chi connectivity index (χ0v) is 7.31. The lowest BCUT2D eigenvalue weighted by molar-refractivity contribution is 0.698. The molecule has 11 heavy (non-hydrogen) atoms. The van der Waals surface area contributed by atoms with Crippen LogP contribution in [0, 0.1) is 13.8 Å². The smallest absolute Gasteiger partial charge is 0.191 e. The summed E-state index contributed by atoms with van der Waals surface area (Å²) in [7, 11) is 0. The van der Waals surface area contributed by atoms with Gasteiger partial charge < -0.3 is 0 Å². The first-order chi connectivity index (χ1) is 5.24. The van der Waals surface area contributed by atoms with E-state index in [0.717, 1.165) is 5.69 Å². The number of nitrogens with zero attached hydrogens (tertiary/aromatic N) is 1. The number of aryl methyl sites for hydroxylation is 2. The van der Waals surface area contributed by atoms with Crippen molar-refractivity contribution in [2.24, 2.45) is 4.36 Å². The van der Waals surface area contributed by atoms with Gasteiger partial charge in [-0.05, 0) is 37.1 Å². The summed E-state index contributed by atoms with van der Waals surface area (Å²) in [6, 6.07) is 5.71. The van der Waals surface area contributed by atoms with E-state index in [-0.39, 0.29) is 11.5 Å². The monoisotopic (exact) mass is 167 g/mol. The lowest BCUT2D eigenvalue weighted by atomic mass is 10.1. The molecular weight excluding hydrogens is 158 g/mol. The minimum absolute atomic E-state index is 0.244. The first kappa shape index (κ1) is 8.14. The van der Waals surface area contributed by atoms with Crippen molar-refractivity contribution >= 4 is 17.2 Å². The largest absolute Gasteiger partial charge is 0.205 e. The van der Waals surface area contributed by atoms with Gasteiger partial charge in [-0.25, -0.2) is 0 Å². The summed E-state index contributed by atoms with van der Waals surface area (Å²) in [4.78, 5) is 0. The van der Waals surface area contributed by atoms with Crippen molar-refractivity contribution in [3.05, 3.63) is 29.3 Å². The van der Waals surface area contributed by atoms with Crippen LogP contribution in [-0.4, -0.2) is 4.21 Å². The molecular formula is C8H9NOS. The number of rotatable bonds is 1. The van der Waals surface area contributed by atoms with Crippen LogP contribution in [0.15, 0.2) is 22.6 Å². The molecule has 58 valence electrons. The fraction of sp³-hybridized carbons (Fsp3) is 0.250. The van der Waals surface area contributed by atoms with E-state index in [1.807, 2.05) is 32.0 Å². The summed E-state index contributed by atoms with van der Waals surface area (Å²) in [5.41, 5.74) is 3.13. The maximum Gasteiger partial charge on any atom is 0.205 e. The van der Waals surface area contributed by atoms with E-state index in [9.17, 15) is 4.21 Å². The van der Waals surface area contributed by atoms with E-state index >= 15 is 0 Å². The molecule has 0 bridgehead atoms. The molecule has 0 unspecified atom stereocenters. The summed E-state index contributed by atoms with van der Waals surface area (Å²) in [6.45, 7) is 4.03. The normalized spacial score (nSPS) is 9.27. The van der Waals surface area contributed by atoms with Gasteiger partial charge in [0.2, 0.25) is 11.5 Å². The van der Waals surface area contributed by atoms with E-state index in [0.29, 0.717) is 0 Å². The Morgan fingerprint density at radius 3 is 2.55 bits per heavy atom. The highest BCUT2D eigenvalue weighted by Gasteiger charge is 1.92. The minimum Gasteiger partial charge on any atom is -0.191 e. The topological polar surface area (TPSA) is 29.4 Å². The fourth-order valence-electron chi connectivity index (χ4n) is 0.825. The molecule has 3 heteroatoms. The number of benzene rings is 1. The van der Waals surface area contributed by atoms with Crippen LogP contribution in [0.25, 0.3) is 0 Å². The first-order valence-electron chi connectivity index (χ1n) is 3.31. The lowest BCUT2D eigenvalue weighted by Gasteiger charge is -1.97. The van der Waals surface area contributed by atoms with Crippen LogP contribution in [0.1, 0.15) is 11.1 Å². The van der Waals surface area contributed by atoms with E-state index < -0.39 is 0 Å². The van der Waals surface area contributed by atoms with Crippen molar-refractivity contribution in [1.82, 2.24) is 0 Å². The third kappa shape index (κ3) is 1.98. The van der Waals surface area contributed by atoms with E-state index in [2.05, 4.69) is 4.36 Å². The zero-order valence-electron chi connectivity index (χ0n) is 6.50. The van der Waals surface area contributed by atoms with Crippen LogP contribution in [0.3, 0.4) is 0 Å². The average molecular weight is 167 g/mol. The Labute approximate surface area is 69.5 Å². The van der Waals surface area contributed by atoms with Crippen LogP contribution >= 0.6 is 0 Å². The zero-order chi connectivity index (χ0) is 8.27. The molecule has 0 aliphatic heterocycles. The van der Waals surface area contributed by atoms with E-state index in [4.69, 9.17) is 0 Å². The number of hydrogen-bond donors (Lipinski definition) is 0. The lowest BCUT2D eigenvalue weighted by Crippen LogP contribution is -1.77. The van der Waals surface area contributed by atoms with Gasteiger partial charge in [-0.2, -0.15) is 8.57 Å². The maximum absolute atomic E-state index is 10.0. The molecule has 0 atom stereocenters. The van der Waals surface area contributed by atoms with Gasteiger partial charge in [0, 0.05) is 0 Å². The van der Waals surface area contributed by atoms with Crippen molar-refractivity contribution in [1.29, 1.82) is 0 Å². The van der Waals surface area contributed by atoms with Gasteiger partial charge in [-0.1, -0.05) is 6.07 Å². The summed E-state index contributed by atoms with van der Waals surface area (Å²) in [5, 5.41) is 0. The molecule has 0 saturated heterocycles. The van der Waals surface area contributed by atoms with Gasteiger partial charge >= 0.3 is 0 Å². The predicted octanol–water partition coefficient (Wildman–Crippen LogP) is 2.33. The fourth-order valence-corrected chi connectivity index (χ4v) is 1.03. The Bertz CT molecular complexity index is 316. The standard InChI is InChI=1S/C8H9NOS/c1-6-3-4-8(9-11-10)5-7(6)2/h3-5H,1-2H3. The summed E-state index contributed by atoms with van der Waals surface area (Å²) in [6.07, 6.45) is 0. The molecule has 0 N–H and O–H groups in total. The molecule has 1 rings (SSSR count). The summed E-state index contributed by atoms with van der Waals surface area (Å²) < 4.78 is 13.7. The van der Waals surface area contributed by atoms with Crippen molar-refractivity contribution in [3.8, 4) is 0 Å². The van der Waals surface area contributed by atoms with Crippen LogP contribution in [0.2, 0.25) is 0 Å². The predicted molar refractivity (Wildman–Crippen MR) is 46.1 cm³/mol. The van der Waals surface area contributed by atoms with Crippen molar-refractivity contribution in [3.63, 3.8) is 0 Å². The second-order valence-corrected chi connectivity index (χ2v) is 2.77. The molecule has 0 fully saturated rings. The summed E-state index contributed by atoms with van der Waals surface area (Å²) in [5.74, 6) is 0. The van der Waals surface area contributed by atoms with Crippen LogP contribution in [0.5, 0.6) is 0 Å².